The summed E-state index contributed by atoms with van der Waals surface area (Å²) in [6.45, 7) is 4.51. The first-order valence-electron chi connectivity index (χ1n) is 6.47. The van der Waals surface area contributed by atoms with Gasteiger partial charge in [0.2, 0.25) is 0 Å². The first-order valence-corrected chi connectivity index (χ1v) is 6.47. The fourth-order valence-corrected chi connectivity index (χ4v) is 2.52. The van der Waals surface area contributed by atoms with Gasteiger partial charge in [-0.05, 0) is 0 Å². The zero-order valence-corrected chi connectivity index (χ0v) is 12.2. The number of aromatic nitrogens is 4. The quantitative estimate of drug-likeness (QED) is 0.856. The van der Waals surface area contributed by atoms with E-state index in [2.05, 4.69) is 30.2 Å². The van der Waals surface area contributed by atoms with Crippen LogP contribution in [0.5, 0.6) is 0 Å². The maximum atomic E-state index is 5.27. The van der Waals surface area contributed by atoms with E-state index >= 15 is 0 Å². The molecule has 1 saturated heterocycles. The van der Waals surface area contributed by atoms with Crippen molar-refractivity contribution in [2.24, 2.45) is 5.92 Å². The molecule has 3 rings (SSSR count). The molecule has 3 heterocycles. The van der Waals surface area contributed by atoms with Gasteiger partial charge in [-0.2, -0.15) is 0 Å². The second kappa shape index (κ2) is 6.83. The number of methoxy groups -OCH3 is 1. The van der Waals surface area contributed by atoms with E-state index < -0.39 is 0 Å². The largest absolute Gasteiger partial charge is 0.384 e. The molecular weight excluding hydrogens is 280 g/mol. The Bertz CT molecular complexity index is 547. The minimum absolute atomic E-state index is 0. The van der Waals surface area contributed by atoms with E-state index in [1.807, 2.05) is 0 Å². The van der Waals surface area contributed by atoms with E-state index in [4.69, 9.17) is 4.74 Å². The Balaban J connectivity index is 0.00000147. The van der Waals surface area contributed by atoms with Crippen LogP contribution in [-0.4, -0.2) is 59.8 Å². The van der Waals surface area contributed by atoms with Crippen molar-refractivity contribution in [2.45, 2.75) is 0 Å². The number of fused-ring (bicyclic) bond motifs is 1. The molecule has 2 N–H and O–H groups in total. The molecule has 1 unspecified atom stereocenters. The van der Waals surface area contributed by atoms with Crippen LogP contribution in [0.4, 0.5) is 5.82 Å². The van der Waals surface area contributed by atoms with Gasteiger partial charge in [0.05, 0.1) is 12.9 Å². The third-order valence-corrected chi connectivity index (χ3v) is 3.37. The summed E-state index contributed by atoms with van der Waals surface area (Å²) < 4.78 is 5.27. The van der Waals surface area contributed by atoms with Crippen molar-refractivity contribution in [3.63, 3.8) is 0 Å². The molecule has 2 aromatic heterocycles. The van der Waals surface area contributed by atoms with E-state index in [1.165, 1.54) is 0 Å². The lowest BCUT2D eigenvalue weighted by Gasteiger charge is -2.24. The van der Waals surface area contributed by atoms with E-state index in [-0.39, 0.29) is 12.4 Å². The summed E-state index contributed by atoms with van der Waals surface area (Å²) in [6.07, 6.45) is 3.23. The first-order chi connectivity index (χ1) is 9.38. The zero-order chi connectivity index (χ0) is 13.1. The molecule has 1 aliphatic rings. The summed E-state index contributed by atoms with van der Waals surface area (Å²) in [7, 11) is 1.74. The van der Waals surface area contributed by atoms with Crippen molar-refractivity contribution >= 4 is 29.4 Å². The van der Waals surface area contributed by atoms with Gasteiger partial charge in [0.1, 0.15) is 11.8 Å². The standard InChI is InChI=1S/C12H18N6O.ClH/c1-19-6-9-4-13-2-3-18(5-9)12-10-11(15-7-14-10)16-8-17-12;/h7-9,13H,2-6H2,1H3,(H,14,15,16,17);1H. The monoisotopic (exact) mass is 298 g/mol. The summed E-state index contributed by atoms with van der Waals surface area (Å²) in [5.41, 5.74) is 1.62. The topological polar surface area (TPSA) is 79.0 Å². The molecule has 0 radical (unpaired) electrons. The number of nitrogens with zero attached hydrogens (tertiary/aromatic N) is 4. The Morgan fingerprint density at radius 3 is 3.15 bits per heavy atom. The van der Waals surface area contributed by atoms with Crippen LogP contribution in [-0.2, 0) is 4.74 Å². The van der Waals surface area contributed by atoms with Gasteiger partial charge in [-0.15, -0.1) is 12.4 Å². The molecule has 0 saturated carbocycles. The van der Waals surface area contributed by atoms with E-state index in [0.29, 0.717) is 11.6 Å². The highest BCUT2D eigenvalue weighted by atomic mass is 35.5. The molecule has 0 aliphatic carbocycles. The third-order valence-electron chi connectivity index (χ3n) is 3.37. The Kier molecular flexibility index (Phi) is 5.11. The molecule has 7 nitrogen and oxygen atoms in total. The Hall–Kier alpha value is -1.44. The molecule has 0 spiro atoms. The van der Waals surface area contributed by atoms with Crippen LogP contribution in [0, 0.1) is 5.92 Å². The minimum Gasteiger partial charge on any atom is -0.384 e. The van der Waals surface area contributed by atoms with Gasteiger partial charge in [-0.25, -0.2) is 15.0 Å². The van der Waals surface area contributed by atoms with E-state index in [9.17, 15) is 0 Å². The lowest BCUT2D eigenvalue weighted by atomic mass is 10.1. The van der Waals surface area contributed by atoms with Gasteiger partial charge in [-0.3, -0.25) is 0 Å². The molecule has 1 aliphatic heterocycles. The lowest BCUT2D eigenvalue weighted by molar-refractivity contribution is 0.156. The van der Waals surface area contributed by atoms with Crippen LogP contribution < -0.4 is 10.2 Å². The fraction of sp³-hybridized carbons (Fsp3) is 0.583. The molecule has 2 aromatic rings. The van der Waals surface area contributed by atoms with Gasteiger partial charge < -0.3 is 19.9 Å². The zero-order valence-electron chi connectivity index (χ0n) is 11.4. The number of halogens is 1. The fourth-order valence-electron chi connectivity index (χ4n) is 2.52. The first kappa shape index (κ1) is 15.0. The van der Waals surface area contributed by atoms with Gasteiger partial charge in [-0.1, -0.05) is 0 Å². The van der Waals surface area contributed by atoms with Crippen molar-refractivity contribution in [2.75, 3.05) is 44.8 Å². The predicted molar refractivity (Wildman–Crippen MR) is 79.4 cm³/mol. The average Bonchev–Trinajstić information content (AvgIpc) is 2.79. The van der Waals surface area contributed by atoms with Crippen LogP contribution in [0.1, 0.15) is 0 Å². The Morgan fingerprint density at radius 1 is 1.40 bits per heavy atom. The molecule has 0 amide bonds. The number of H-pyrrole nitrogens is 1. The summed E-state index contributed by atoms with van der Waals surface area (Å²) in [5.74, 6) is 1.38. The molecule has 20 heavy (non-hydrogen) atoms. The average molecular weight is 299 g/mol. The van der Waals surface area contributed by atoms with Crippen LogP contribution >= 0.6 is 12.4 Å². The van der Waals surface area contributed by atoms with Gasteiger partial charge in [0.15, 0.2) is 11.5 Å². The van der Waals surface area contributed by atoms with Gasteiger partial charge in [0.25, 0.3) is 0 Å². The summed E-state index contributed by atoms with van der Waals surface area (Å²) in [4.78, 5) is 18.1. The third kappa shape index (κ3) is 3.00. The number of nitrogens with one attached hydrogen (secondary N) is 2. The molecule has 1 atom stereocenters. The van der Waals surface area contributed by atoms with Crippen molar-refractivity contribution in [3.05, 3.63) is 12.7 Å². The number of imidazole rings is 1. The molecule has 8 heteroatoms. The highest BCUT2D eigenvalue weighted by molar-refractivity contribution is 5.85. The van der Waals surface area contributed by atoms with Crippen molar-refractivity contribution in [1.82, 2.24) is 25.3 Å². The van der Waals surface area contributed by atoms with Gasteiger partial charge >= 0.3 is 0 Å². The molecular formula is C12H19ClN6O. The van der Waals surface area contributed by atoms with E-state index in [1.54, 1.807) is 19.8 Å². The number of ether oxygens (including phenoxy) is 1. The summed E-state index contributed by atoms with van der Waals surface area (Å²) in [6, 6.07) is 0. The number of anilines is 1. The number of hydrogen-bond donors (Lipinski definition) is 2. The van der Waals surface area contributed by atoms with Crippen LogP contribution in [0.3, 0.4) is 0 Å². The van der Waals surface area contributed by atoms with Crippen molar-refractivity contribution in [1.29, 1.82) is 0 Å². The maximum Gasteiger partial charge on any atom is 0.182 e. The molecule has 110 valence electrons. The number of rotatable bonds is 3. The molecule has 0 aromatic carbocycles. The van der Waals surface area contributed by atoms with Crippen molar-refractivity contribution in [3.8, 4) is 0 Å². The normalized spacial score (nSPS) is 19.6. The number of aromatic amines is 1. The predicted octanol–water partition coefficient (Wildman–Crippen LogP) is 0.447. The Morgan fingerprint density at radius 2 is 2.30 bits per heavy atom. The minimum atomic E-state index is 0. The number of hydrogen-bond acceptors (Lipinski definition) is 6. The highest BCUT2D eigenvalue weighted by Crippen LogP contribution is 2.21. The molecule has 1 fully saturated rings. The summed E-state index contributed by atoms with van der Waals surface area (Å²) >= 11 is 0. The smallest absolute Gasteiger partial charge is 0.182 e. The van der Waals surface area contributed by atoms with Crippen molar-refractivity contribution < 1.29 is 4.74 Å². The van der Waals surface area contributed by atoms with Crippen LogP contribution in [0.25, 0.3) is 11.2 Å². The highest BCUT2D eigenvalue weighted by Gasteiger charge is 2.21. The SMILES string of the molecule is COCC1CNCCN(c2ncnc3nc[nH]c23)C1.Cl. The van der Waals surface area contributed by atoms with Crippen LogP contribution in [0.2, 0.25) is 0 Å². The second-order valence-corrected chi connectivity index (χ2v) is 4.77. The second-order valence-electron chi connectivity index (χ2n) is 4.77. The van der Waals surface area contributed by atoms with E-state index in [0.717, 1.165) is 44.1 Å². The lowest BCUT2D eigenvalue weighted by Crippen LogP contribution is -2.32. The van der Waals surface area contributed by atoms with Gasteiger partial charge in [0, 0.05) is 39.2 Å². The summed E-state index contributed by atoms with van der Waals surface area (Å²) in [5, 5.41) is 3.43. The molecule has 0 bridgehead atoms. The van der Waals surface area contributed by atoms with Crippen LogP contribution in [0.15, 0.2) is 12.7 Å². The Labute approximate surface area is 123 Å². The maximum absolute atomic E-state index is 5.27.